The molecule has 0 saturated carbocycles. The van der Waals surface area contributed by atoms with E-state index < -0.39 is 0 Å². The van der Waals surface area contributed by atoms with Crippen LogP contribution in [0.5, 0.6) is 0 Å². The van der Waals surface area contributed by atoms with Gasteiger partial charge in [-0.1, -0.05) is 23.9 Å². The number of hydrogen-bond donors (Lipinski definition) is 2. The van der Waals surface area contributed by atoms with Crippen LogP contribution in [0, 0.1) is 0 Å². The van der Waals surface area contributed by atoms with E-state index >= 15 is 0 Å². The van der Waals surface area contributed by atoms with E-state index in [1.165, 1.54) is 5.56 Å². The second kappa shape index (κ2) is 5.77. The number of anilines is 2. The average molecular weight is 263 g/mol. The van der Waals surface area contributed by atoms with Gasteiger partial charge >= 0.3 is 0 Å². The molecule has 4 N–H and O–H groups in total. The maximum Gasteiger partial charge on any atom is 0.222 e. The van der Waals surface area contributed by atoms with Crippen molar-refractivity contribution in [2.45, 2.75) is 18.0 Å². The van der Waals surface area contributed by atoms with E-state index in [-0.39, 0.29) is 0 Å². The summed E-state index contributed by atoms with van der Waals surface area (Å²) in [7, 11) is 1.87. The number of benzene rings is 1. The van der Waals surface area contributed by atoms with Crippen molar-refractivity contribution in [2.24, 2.45) is 7.05 Å². The van der Waals surface area contributed by atoms with Crippen molar-refractivity contribution in [1.29, 1.82) is 0 Å². The summed E-state index contributed by atoms with van der Waals surface area (Å²) in [5.41, 5.74) is 13.4. The number of nitrogens with zero attached hydrogens (tertiary/aromatic N) is 3. The van der Waals surface area contributed by atoms with Crippen molar-refractivity contribution in [3.8, 4) is 0 Å². The Kier molecular flexibility index (Phi) is 4.09. The lowest BCUT2D eigenvalue weighted by atomic mass is 10.1. The predicted octanol–water partition coefficient (Wildman–Crippen LogP) is 1.70. The van der Waals surface area contributed by atoms with Gasteiger partial charge in [0.2, 0.25) is 5.95 Å². The highest BCUT2D eigenvalue weighted by atomic mass is 32.2. The molecule has 0 bridgehead atoms. The molecule has 0 aliphatic heterocycles. The minimum Gasteiger partial charge on any atom is -0.399 e. The Morgan fingerprint density at radius 2 is 2.11 bits per heavy atom. The minimum absolute atomic E-state index is 0.452. The Bertz CT molecular complexity index is 523. The van der Waals surface area contributed by atoms with Crippen molar-refractivity contribution in [3.63, 3.8) is 0 Å². The maximum atomic E-state index is 5.74. The Morgan fingerprint density at radius 1 is 1.28 bits per heavy atom. The molecule has 0 atom stereocenters. The van der Waals surface area contributed by atoms with Gasteiger partial charge in [0.1, 0.15) is 0 Å². The summed E-state index contributed by atoms with van der Waals surface area (Å²) < 4.78 is 1.80. The molecule has 2 aromatic rings. The Balaban J connectivity index is 1.78. The number of thioether (sulfide) groups is 1. The second-order valence-electron chi connectivity index (χ2n) is 4.10. The van der Waals surface area contributed by atoms with Crippen molar-refractivity contribution in [3.05, 3.63) is 29.8 Å². The van der Waals surface area contributed by atoms with Gasteiger partial charge in [0.15, 0.2) is 5.16 Å². The summed E-state index contributed by atoms with van der Waals surface area (Å²) in [4.78, 5) is 0. The zero-order valence-electron chi connectivity index (χ0n) is 10.3. The van der Waals surface area contributed by atoms with Crippen LogP contribution in [0.3, 0.4) is 0 Å². The molecule has 0 spiro atoms. The van der Waals surface area contributed by atoms with E-state index in [1.807, 2.05) is 25.2 Å². The highest BCUT2D eigenvalue weighted by Crippen LogP contribution is 2.18. The van der Waals surface area contributed by atoms with Crippen LogP contribution in [0.2, 0.25) is 0 Å². The standard InChI is InChI=1S/C12H17N5S/c1-17-11(14)15-16-12(17)18-7-3-5-9-4-2-6-10(13)8-9/h2,4,6,8H,3,5,7,13H2,1H3,(H2,14,15). The zero-order valence-corrected chi connectivity index (χ0v) is 11.2. The quantitative estimate of drug-likeness (QED) is 0.487. The normalized spacial score (nSPS) is 10.7. The van der Waals surface area contributed by atoms with E-state index in [4.69, 9.17) is 11.5 Å². The molecule has 2 rings (SSSR count). The molecular formula is C12H17N5S. The first kappa shape index (κ1) is 12.8. The Morgan fingerprint density at radius 3 is 2.78 bits per heavy atom. The molecule has 0 amide bonds. The highest BCUT2D eigenvalue weighted by Gasteiger charge is 2.05. The van der Waals surface area contributed by atoms with Crippen LogP contribution in [-0.2, 0) is 13.5 Å². The third kappa shape index (κ3) is 3.16. The first-order valence-corrected chi connectivity index (χ1v) is 6.77. The Labute approximate surface area is 111 Å². The largest absolute Gasteiger partial charge is 0.399 e. The number of rotatable bonds is 5. The number of hydrogen-bond acceptors (Lipinski definition) is 5. The van der Waals surface area contributed by atoms with Crippen molar-refractivity contribution in [2.75, 3.05) is 17.2 Å². The summed E-state index contributed by atoms with van der Waals surface area (Å²) >= 11 is 1.67. The van der Waals surface area contributed by atoms with Crippen molar-refractivity contribution < 1.29 is 0 Å². The molecule has 6 heteroatoms. The first-order chi connectivity index (χ1) is 8.66. The highest BCUT2D eigenvalue weighted by molar-refractivity contribution is 7.99. The van der Waals surface area contributed by atoms with Gasteiger partial charge in [0, 0.05) is 18.5 Å². The lowest BCUT2D eigenvalue weighted by Gasteiger charge is -2.03. The van der Waals surface area contributed by atoms with Crippen molar-refractivity contribution in [1.82, 2.24) is 14.8 Å². The van der Waals surface area contributed by atoms with Crippen LogP contribution in [0.4, 0.5) is 11.6 Å². The average Bonchev–Trinajstić information content (AvgIpc) is 2.66. The molecule has 5 nitrogen and oxygen atoms in total. The van der Waals surface area contributed by atoms with Gasteiger partial charge in [0.25, 0.3) is 0 Å². The van der Waals surface area contributed by atoms with Crippen LogP contribution >= 0.6 is 11.8 Å². The van der Waals surface area contributed by atoms with Crippen LogP contribution < -0.4 is 11.5 Å². The third-order valence-electron chi connectivity index (χ3n) is 2.66. The fraction of sp³-hybridized carbons (Fsp3) is 0.333. The van der Waals surface area contributed by atoms with E-state index in [2.05, 4.69) is 16.3 Å². The molecule has 0 unspecified atom stereocenters. The SMILES string of the molecule is Cn1c(N)nnc1SCCCc1cccc(N)c1. The van der Waals surface area contributed by atoms with Crippen LogP contribution in [-0.4, -0.2) is 20.5 Å². The van der Waals surface area contributed by atoms with E-state index in [0.717, 1.165) is 29.4 Å². The minimum atomic E-state index is 0.452. The van der Waals surface area contributed by atoms with Gasteiger partial charge < -0.3 is 11.5 Å². The molecule has 0 fully saturated rings. The van der Waals surface area contributed by atoms with Gasteiger partial charge in [-0.2, -0.15) is 0 Å². The van der Waals surface area contributed by atoms with Gasteiger partial charge in [-0.25, -0.2) is 0 Å². The summed E-state index contributed by atoms with van der Waals surface area (Å²) in [6.45, 7) is 0. The Hall–Kier alpha value is -1.69. The molecular weight excluding hydrogens is 246 g/mol. The van der Waals surface area contributed by atoms with Crippen LogP contribution in [0.1, 0.15) is 12.0 Å². The fourth-order valence-electron chi connectivity index (χ4n) is 1.64. The molecule has 0 radical (unpaired) electrons. The molecule has 0 aliphatic rings. The van der Waals surface area contributed by atoms with Crippen LogP contribution in [0.15, 0.2) is 29.4 Å². The number of nitrogens with two attached hydrogens (primary N) is 2. The lowest BCUT2D eigenvalue weighted by molar-refractivity contribution is 0.793. The van der Waals surface area contributed by atoms with Crippen molar-refractivity contribution >= 4 is 23.4 Å². The molecule has 0 aliphatic carbocycles. The predicted molar refractivity (Wildman–Crippen MR) is 75.3 cm³/mol. The molecule has 0 saturated heterocycles. The summed E-state index contributed by atoms with van der Waals surface area (Å²) in [5.74, 6) is 1.44. The number of nitrogen functional groups attached to an aromatic ring is 2. The molecule has 18 heavy (non-hydrogen) atoms. The summed E-state index contributed by atoms with van der Waals surface area (Å²) in [6.07, 6.45) is 2.09. The first-order valence-electron chi connectivity index (χ1n) is 5.79. The van der Waals surface area contributed by atoms with Gasteiger partial charge in [0.05, 0.1) is 0 Å². The van der Waals surface area contributed by atoms with Gasteiger partial charge in [-0.05, 0) is 30.5 Å². The summed E-state index contributed by atoms with van der Waals surface area (Å²) in [5, 5.41) is 8.68. The molecule has 1 aromatic heterocycles. The van der Waals surface area contributed by atoms with Gasteiger partial charge in [-0.3, -0.25) is 4.57 Å². The smallest absolute Gasteiger partial charge is 0.222 e. The second-order valence-corrected chi connectivity index (χ2v) is 5.16. The fourth-order valence-corrected chi connectivity index (χ4v) is 2.50. The molecule has 1 aromatic carbocycles. The monoisotopic (exact) mass is 263 g/mol. The third-order valence-corrected chi connectivity index (χ3v) is 3.77. The molecule has 96 valence electrons. The van der Waals surface area contributed by atoms with Crippen LogP contribution in [0.25, 0.3) is 0 Å². The summed E-state index contributed by atoms with van der Waals surface area (Å²) in [6, 6.07) is 8.01. The van der Waals surface area contributed by atoms with E-state index in [1.54, 1.807) is 16.3 Å². The number of aryl methyl sites for hydroxylation is 1. The molecule has 1 heterocycles. The lowest BCUT2D eigenvalue weighted by Crippen LogP contribution is -1.98. The van der Waals surface area contributed by atoms with E-state index in [9.17, 15) is 0 Å². The zero-order chi connectivity index (χ0) is 13.0. The number of aromatic nitrogens is 3. The topological polar surface area (TPSA) is 82.8 Å². The van der Waals surface area contributed by atoms with Gasteiger partial charge in [-0.15, -0.1) is 10.2 Å². The van der Waals surface area contributed by atoms with E-state index in [0.29, 0.717) is 5.95 Å². The maximum absolute atomic E-state index is 5.74.